The van der Waals surface area contributed by atoms with E-state index in [4.69, 9.17) is 4.74 Å². The van der Waals surface area contributed by atoms with E-state index in [0.29, 0.717) is 10.2 Å². The van der Waals surface area contributed by atoms with Crippen LogP contribution in [0.3, 0.4) is 0 Å². The van der Waals surface area contributed by atoms with Crippen LogP contribution in [0.15, 0.2) is 27.6 Å². The van der Waals surface area contributed by atoms with Crippen molar-refractivity contribution in [1.82, 2.24) is 4.72 Å². The van der Waals surface area contributed by atoms with Crippen LogP contribution < -0.4 is 9.46 Å². The zero-order valence-corrected chi connectivity index (χ0v) is 13.1. The quantitative estimate of drug-likeness (QED) is 0.869. The molecule has 4 nitrogen and oxygen atoms in total. The van der Waals surface area contributed by atoms with Crippen LogP contribution in [0.1, 0.15) is 26.7 Å². The Balaban J connectivity index is 3.07. The highest BCUT2D eigenvalue weighted by atomic mass is 79.9. The lowest BCUT2D eigenvalue weighted by atomic mass is 10.2. The van der Waals surface area contributed by atoms with E-state index in [0.717, 1.165) is 12.8 Å². The third-order valence-electron chi connectivity index (χ3n) is 2.49. The lowest BCUT2D eigenvalue weighted by Gasteiger charge is -2.15. The molecule has 1 rings (SSSR count). The minimum atomic E-state index is -3.55. The monoisotopic (exact) mass is 335 g/mol. The normalized spacial score (nSPS) is 13.3. The molecule has 0 spiro atoms. The summed E-state index contributed by atoms with van der Waals surface area (Å²) in [6.45, 7) is 3.87. The first kappa shape index (κ1) is 15.5. The molecule has 0 saturated heterocycles. The molecule has 6 heteroatoms. The predicted molar refractivity (Wildman–Crippen MR) is 75.4 cm³/mol. The number of hydrogen-bond donors (Lipinski definition) is 1. The van der Waals surface area contributed by atoms with E-state index in [1.807, 2.05) is 13.8 Å². The Bertz CT molecular complexity index is 502. The van der Waals surface area contributed by atoms with Gasteiger partial charge in [0.25, 0.3) is 0 Å². The van der Waals surface area contributed by atoms with Crippen LogP contribution in [0.2, 0.25) is 0 Å². The van der Waals surface area contributed by atoms with Gasteiger partial charge in [-0.15, -0.1) is 0 Å². The van der Waals surface area contributed by atoms with Gasteiger partial charge in [0.15, 0.2) is 0 Å². The van der Waals surface area contributed by atoms with Crippen molar-refractivity contribution in [2.75, 3.05) is 7.11 Å². The van der Waals surface area contributed by atoms with Crippen LogP contribution in [0.5, 0.6) is 5.75 Å². The molecule has 0 radical (unpaired) electrons. The fourth-order valence-electron chi connectivity index (χ4n) is 1.68. The Morgan fingerprint density at radius 2 is 2.11 bits per heavy atom. The van der Waals surface area contributed by atoms with Crippen molar-refractivity contribution in [2.45, 2.75) is 37.6 Å². The van der Waals surface area contributed by atoms with Gasteiger partial charge in [-0.1, -0.05) is 29.3 Å². The van der Waals surface area contributed by atoms with Gasteiger partial charge in [-0.25, -0.2) is 13.1 Å². The molecule has 1 aromatic carbocycles. The molecule has 0 bridgehead atoms. The summed E-state index contributed by atoms with van der Waals surface area (Å²) >= 11 is 3.27. The zero-order chi connectivity index (χ0) is 13.8. The van der Waals surface area contributed by atoms with Gasteiger partial charge in [0.1, 0.15) is 10.6 Å². The zero-order valence-electron chi connectivity index (χ0n) is 10.7. The van der Waals surface area contributed by atoms with Gasteiger partial charge in [0.05, 0.1) is 7.11 Å². The van der Waals surface area contributed by atoms with Gasteiger partial charge in [-0.05, 0) is 31.5 Å². The number of methoxy groups -OCH3 is 1. The molecule has 0 unspecified atom stereocenters. The second-order valence-corrected chi connectivity index (χ2v) is 6.70. The summed E-state index contributed by atoms with van der Waals surface area (Å²) < 4.78 is 32.9. The van der Waals surface area contributed by atoms with Crippen molar-refractivity contribution in [1.29, 1.82) is 0 Å². The minimum absolute atomic E-state index is 0.0938. The SMILES string of the molecule is CCC[C@@H](C)NS(=O)(=O)c1cc(Br)ccc1OC. The second kappa shape index (κ2) is 6.54. The lowest BCUT2D eigenvalue weighted by Crippen LogP contribution is -2.32. The van der Waals surface area contributed by atoms with Crippen molar-refractivity contribution >= 4 is 26.0 Å². The summed E-state index contributed by atoms with van der Waals surface area (Å²) in [5.74, 6) is 0.342. The van der Waals surface area contributed by atoms with Gasteiger partial charge in [-0.2, -0.15) is 0 Å². The van der Waals surface area contributed by atoms with Gasteiger partial charge >= 0.3 is 0 Å². The summed E-state index contributed by atoms with van der Waals surface area (Å²) in [7, 11) is -2.10. The van der Waals surface area contributed by atoms with Crippen molar-refractivity contribution in [3.05, 3.63) is 22.7 Å². The molecule has 0 fully saturated rings. The molecule has 1 aromatic rings. The van der Waals surface area contributed by atoms with Crippen LogP contribution in [0, 0.1) is 0 Å². The predicted octanol–water partition coefficient (Wildman–Crippen LogP) is 2.92. The summed E-state index contributed by atoms with van der Waals surface area (Å²) in [6.07, 6.45) is 1.73. The first-order chi connectivity index (χ1) is 8.40. The Kier molecular flexibility index (Phi) is 5.62. The largest absolute Gasteiger partial charge is 0.495 e. The fourth-order valence-corrected chi connectivity index (χ4v) is 3.67. The highest BCUT2D eigenvalue weighted by Crippen LogP contribution is 2.27. The van der Waals surface area contributed by atoms with E-state index in [1.54, 1.807) is 18.2 Å². The number of halogens is 1. The molecule has 1 N–H and O–H groups in total. The maximum absolute atomic E-state index is 12.2. The molecule has 0 aliphatic rings. The third kappa shape index (κ3) is 3.96. The molecule has 18 heavy (non-hydrogen) atoms. The van der Waals surface area contributed by atoms with Gasteiger partial charge in [-0.3, -0.25) is 0 Å². The average Bonchev–Trinajstić information content (AvgIpc) is 2.28. The molecule has 1 atom stereocenters. The number of ether oxygens (including phenoxy) is 1. The number of hydrogen-bond acceptors (Lipinski definition) is 3. The van der Waals surface area contributed by atoms with E-state index in [-0.39, 0.29) is 10.9 Å². The highest BCUT2D eigenvalue weighted by Gasteiger charge is 2.21. The van der Waals surface area contributed by atoms with E-state index in [1.165, 1.54) is 7.11 Å². The number of rotatable bonds is 6. The number of sulfonamides is 1. The molecule has 0 amide bonds. The summed E-state index contributed by atoms with van der Waals surface area (Å²) in [5.41, 5.74) is 0. The molecule has 0 aliphatic heterocycles. The van der Waals surface area contributed by atoms with Crippen LogP contribution in [0.4, 0.5) is 0 Å². The van der Waals surface area contributed by atoms with Gasteiger partial charge in [0.2, 0.25) is 10.0 Å². The Morgan fingerprint density at radius 1 is 1.44 bits per heavy atom. The molecule has 0 aromatic heterocycles. The van der Waals surface area contributed by atoms with Crippen molar-refractivity contribution < 1.29 is 13.2 Å². The second-order valence-electron chi connectivity index (χ2n) is 4.11. The fraction of sp³-hybridized carbons (Fsp3) is 0.500. The van der Waals surface area contributed by atoms with Crippen molar-refractivity contribution in [3.63, 3.8) is 0 Å². The Labute approximate surface area is 117 Å². The maximum atomic E-state index is 12.2. The van der Waals surface area contributed by atoms with Gasteiger partial charge in [0, 0.05) is 10.5 Å². The molecule has 0 aliphatic carbocycles. The van der Waals surface area contributed by atoms with E-state index in [2.05, 4.69) is 20.7 Å². The number of benzene rings is 1. The van der Waals surface area contributed by atoms with E-state index in [9.17, 15) is 8.42 Å². The highest BCUT2D eigenvalue weighted by molar-refractivity contribution is 9.10. The third-order valence-corrected chi connectivity index (χ3v) is 4.60. The smallest absolute Gasteiger partial charge is 0.244 e. The summed E-state index contributed by atoms with van der Waals surface area (Å²) in [4.78, 5) is 0.155. The van der Waals surface area contributed by atoms with Gasteiger partial charge < -0.3 is 4.74 Å². The Morgan fingerprint density at radius 3 is 2.67 bits per heavy atom. The lowest BCUT2D eigenvalue weighted by molar-refractivity contribution is 0.402. The molecule has 102 valence electrons. The first-order valence-electron chi connectivity index (χ1n) is 5.76. The molecule has 0 saturated carbocycles. The topological polar surface area (TPSA) is 55.4 Å². The maximum Gasteiger partial charge on any atom is 0.244 e. The summed E-state index contributed by atoms with van der Waals surface area (Å²) in [6, 6.07) is 4.82. The first-order valence-corrected chi connectivity index (χ1v) is 8.04. The number of nitrogens with one attached hydrogen (secondary N) is 1. The standard InChI is InChI=1S/C12H18BrNO3S/c1-4-5-9(2)14-18(15,16)12-8-10(13)6-7-11(12)17-3/h6-9,14H,4-5H2,1-3H3/t9-/m1/s1. The van der Waals surface area contributed by atoms with E-state index >= 15 is 0 Å². The van der Waals surface area contributed by atoms with Crippen LogP contribution in [-0.4, -0.2) is 21.6 Å². The van der Waals surface area contributed by atoms with E-state index < -0.39 is 10.0 Å². The van der Waals surface area contributed by atoms with Crippen LogP contribution >= 0.6 is 15.9 Å². The average molecular weight is 336 g/mol. The summed E-state index contributed by atoms with van der Waals surface area (Å²) in [5, 5.41) is 0. The van der Waals surface area contributed by atoms with Crippen LogP contribution in [0.25, 0.3) is 0 Å². The minimum Gasteiger partial charge on any atom is -0.495 e. The molecule has 0 heterocycles. The van der Waals surface area contributed by atoms with Crippen LogP contribution in [-0.2, 0) is 10.0 Å². The Hall–Kier alpha value is -0.590. The molecular weight excluding hydrogens is 318 g/mol. The molecular formula is C12H18BrNO3S. The van der Waals surface area contributed by atoms with Crippen molar-refractivity contribution in [3.8, 4) is 5.75 Å². The van der Waals surface area contributed by atoms with Crippen molar-refractivity contribution in [2.24, 2.45) is 0 Å².